The first-order valence-electron chi connectivity index (χ1n) is 6.61. The number of hydrogen-bond donors (Lipinski definition) is 1. The fourth-order valence-electron chi connectivity index (χ4n) is 2.35. The van der Waals surface area contributed by atoms with Crippen molar-refractivity contribution in [1.29, 1.82) is 0 Å². The van der Waals surface area contributed by atoms with Crippen LogP contribution in [0.3, 0.4) is 0 Å². The molecule has 2 heterocycles. The van der Waals surface area contributed by atoms with E-state index in [1.807, 2.05) is 11.4 Å². The second-order valence-corrected chi connectivity index (χ2v) is 7.78. The van der Waals surface area contributed by atoms with E-state index in [0.717, 1.165) is 24.4 Å². The minimum Gasteiger partial charge on any atom is -0.308 e. The lowest BCUT2D eigenvalue weighted by molar-refractivity contribution is 0.594. The van der Waals surface area contributed by atoms with Crippen LogP contribution < -0.4 is 5.32 Å². The van der Waals surface area contributed by atoms with Crippen LogP contribution in [-0.2, 0) is 15.6 Å². The van der Waals surface area contributed by atoms with E-state index >= 15 is 0 Å². The predicted octanol–water partition coefficient (Wildman–Crippen LogP) is 2.54. The third-order valence-electron chi connectivity index (χ3n) is 3.37. The number of rotatable bonds is 4. The van der Waals surface area contributed by atoms with Crippen LogP contribution in [0.15, 0.2) is 40.6 Å². The van der Waals surface area contributed by atoms with Crippen molar-refractivity contribution in [2.75, 3.05) is 6.54 Å². The van der Waals surface area contributed by atoms with Crippen molar-refractivity contribution in [1.82, 2.24) is 10.3 Å². The number of aromatic nitrogens is 1. The fraction of sp³-hybridized carbons (Fsp3) is 0.357. The summed E-state index contributed by atoms with van der Waals surface area (Å²) in [6, 6.07) is 8.84. The Morgan fingerprint density at radius 1 is 1.30 bits per heavy atom. The molecule has 6 heteroatoms. The molecule has 1 aromatic carbocycles. The van der Waals surface area contributed by atoms with Crippen LogP contribution in [0.2, 0.25) is 0 Å². The average Bonchev–Trinajstić information content (AvgIpc) is 3.10. The lowest BCUT2D eigenvalue weighted by Crippen LogP contribution is -2.13. The van der Waals surface area contributed by atoms with Gasteiger partial charge in [-0.05, 0) is 31.5 Å². The fourth-order valence-corrected chi connectivity index (χ4v) is 4.66. The molecular weight excluding hydrogens is 292 g/mol. The maximum absolute atomic E-state index is 12.3. The summed E-state index contributed by atoms with van der Waals surface area (Å²) < 4.78 is 24.6. The average molecular weight is 308 g/mol. The molecule has 0 amide bonds. The van der Waals surface area contributed by atoms with Crippen molar-refractivity contribution in [2.24, 2.45) is 0 Å². The zero-order chi connectivity index (χ0) is 14.0. The van der Waals surface area contributed by atoms with Gasteiger partial charge in [-0.1, -0.05) is 18.2 Å². The summed E-state index contributed by atoms with van der Waals surface area (Å²) >= 11 is 1.54. The highest BCUT2D eigenvalue weighted by molar-refractivity contribution is 7.90. The van der Waals surface area contributed by atoms with E-state index in [2.05, 4.69) is 10.3 Å². The van der Waals surface area contributed by atoms with Crippen LogP contribution in [0.5, 0.6) is 0 Å². The van der Waals surface area contributed by atoms with Crippen molar-refractivity contribution in [3.63, 3.8) is 0 Å². The van der Waals surface area contributed by atoms with Crippen molar-refractivity contribution >= 4 is 21.2 Å². The van der Waals surface area contributed by atoms with Crippen molar-refractivity contribution in [2.45, 2.75) is 29.5 Å². The van der Waals surface area contributed by atoms with Crippen molar-refractivity contribution in [3.8, 4) is 0 Å². The molecule has 20 heavy (non-hydrogen) atoms. The lowest BCUT2D eigenvalue weighted by atomic mass is 10.2. The number of nitrogens with zero attached hydrogens (tertiary/aromatic N) is 1. The van der Waals surface area contributed by atoms with Crippen LogP contribution in [0.4, 0.5) is 0 Å². The molecule has 0 spiro atoms. The number of sulfone groups is 1. The minimum absolute atomic E-state index is 0.0275. The molecule has 0 bridgehead atoms. The molecule has 3 rings (SSSR count). The highest BCUT2D eigenvalue weighted by atomic mass is 32.2. The maximum atomic E-state index is 12.3. The third-order valence-corrected chi connectivity index (χ3v) is 6.04. The van der Waals surface area contributed by atoms with Gasteiger partial charge < -0.3 is 5.32 Å². The van der Waals surface area contributed by atoms with Crippen molar-refractivity contribution < 1.29 is 8.42 Å². The Labute approximate surface area is 122 Å². The molecule has 1 N–H and O–H groups in total. The van der Waals surface area contributed by atoms with E-state index < -0.39 is 9.84 Å². The Kier molecular flexibility index (Phi) is 3.87. The standard InChI is InChI=1S/C14H16N2O2S2/c17-20(18,12-5-2-1-3-6-12)10-11-9-19-14(16-11)13-7-4-8-15-13/h1-3,5-6,9,13,15H,4,7-8,10H2. The van der Waals surface area contributed by atoms with E-state index in [1.165, 1.54) is 0 Å². The van der Waals surface area contributed by atoms with Gasteiger partial charge in [0.15, 0.2) is 9.84 Å². The van der Waals surface area contributed by atoms with Gasteiger partial charge in [-0.3, -0.25) is 0 Å². The Morgan fingerprint density at radius 2 is 2.10 bits per heavy atom. The summed E-state index contributed by atoms with van der Waals surface area (Å²) in [4.78, 5) is 4.83. The van der Waals surface area contributed by atoms with Crippen LogP contribution in [0.1, 0.15) is 29.6 Å². The summed E-state index contributed by atoms with van der Waals surface area (Å²) in [5.41, 5.74) is 0.641. The first kappa shape index (κ1) is 13.7. The first-order chi connectivity index (χ1) is 9.65. The molecule has 1 atom stereocenters. The van der Waals surface area contributed by atoms with Gasteiger partial charge in [-0.25, -0.2) is 13.4 Å². The molecule has 2 aromatic rings. The highest BCUT2D eigenvalue weighted by Gasteiger charge is 2.21. The zero-order valence-electron chi connectivity index (χ0n) is 11.0. The summed E-state index contributed by atoms with van der Waals surface area (Å²) in [5.74, 6) is -0.0275. The molecule has 106 valence electrons. The molecule has 0 saturated carbocycles. The van der Waals surface area contributed by atoms with Gasteiger partial charge in [0.2, 0.25) is 0 Å². The molecule has 1 fully saturated rings. The number of thiazole rings is 1. The zero-order valence-corrected chi connectivity index (χ0v) is 12.6. The summed E-state index contributed by atoms with van der Waals surface area (Å²) in [6.07, 6.45) is 2.24. The van der Waals surface area contributed by atoms with Crippen LogP contribution in [0, 0.1) is 0 Å². The van der Waals surface area contributed by atoms with Crippen LogP contribution >= 0.6 is 11.3 Å². The number of nitrogens with one attached hydrogen (secondary N) is 1. The third kappa shape index (κ3) is 2.92. The molecule has 0 radical (unpaired) electrons. The van der Waals surface area contributed by atoms with Gasteiger partial charge in [-0.15, -0.1) is 11.3 Å². The minimum atomic E-state index is -3.30. The molecule has 1 aliphatic rings. The smallest absolute Gasteiger partial charge is 0.184 e. The quantitative estimate of drug-likeness (QED) is 0.943. The van der Waals surface area contributed by atoms with E-state index in [1.54, 1.807) is 35.6 Å². The Hall–Kier alpha value is -1.24. The van der Waals surface area contributed by atoms with E-state index in [-0.39, 0.29) is 5.75 Å². The molecule has 1 aliphatic heterocycles. The molecule has 4 nitrogen and oxygen atoms in total. The van der Waals surface area contributed by atoms with Gasteiger partial charge >= 0.3 is 0 Å². The molecule has 1 aromatic heterocycles. The Bertz CT molecular complexity index is 674. The van der Waals surface area contributed by atoms with Gasteiger partial charge in [-0.2, -0.15) is 0 Å². The van der Waals surface area contributed by atoms with E-state index in [9.17, 15) is 8.42 Å². The van der Waals surface area contributed by atoms with Gasteiger partial charge in [0.25, 0.3) is 0 Å². The number of hydrogen-bond acceptors (Lipinski definition) is 5. The molecule has 1 saturated heterocycles. The summed E-state index contributed by atoms with van der Waals surface area (Å²) in [6.45, 7) is 1.02. The second kappa shape index (κ2) is 5.63. The maximum Gasteiger partial charge on any atom is 0.184 e. The van der Waals surface area contributed by atoms with E-state index in [4.69, 9.17) is 0 Å². The Balaban J connectivity index is 1.78. The van der Waals surface area contributed by atoms with Gasteiger partial charge in [0.1, 0.15) is 5.01 Å². The monoisotopic (exact) mass is 308 g/mol. The topological polar surface area (TPSA) is 59.1 Å². The largest absolute Gasteiger partial charge is 0.308 e. The summed E-state index contributed by atoms with van der Waals surface area (Å²) in [7, 11) is -3.30. The first-order valence-corrected chi connectivity index (χ1v) is 9.14. The number of benzene rings is 1. The van der Waals surface area contributed by atoms with Gasteiger partial charge in [0, 0.05) is 5.38 Å². The molecule has 1 unspecified atom stereocenters. The normalized spacial score (nSPS) is 19.3. The second-order valence-electron chi connectivity index (χ2n) is 4.90. The predicted molar refractivity (Wildman–Crippen MR) is 79.4 cm³/mol. The summed E-state index contributed by atoms with van der Waals surface area (Å²) in [5, 5.41) is 6.24. The molecule has 0 aliphatic carbocycles. The van der Waals surface area contributed by atoms with Crippen LogP contribution in [-0.4, -0.2) is 19.9 Å². The van der Waals surface area contributed by atoms with Crippen molar-refractivity contribution in [3.05, 3.63) is 46.4 Å². The van der Waals surface area contributed by atoms with Crippen LogP contribution in [0.25, 0.3) is 0 Å². The van der Waals surface area contributed by atoms with Gasteiger partial charge in [0.05, 0.1) is 22.4 Å². The molecular formula is C14H16N2O2S2. The lowest BCUT2D eigenvalue weighted by Gasteiger charge is -2.05. The van der Waals surface area contributed by atoms with E-state index in [0.29, 0.717) is 16.6 Å². The Morgan fingerprint density at radius 3 is 2.80 bits per heavy atom. The SMILES string of the molecule is O=S(=O)(Cc1csc(C2CCCN2)n1)c1ccccc1. The highest BCUT2D eigenvalue weighted by Crippen LogP contribution is 2.27.